The molecule has 1 heterocycles. The van der Waals surface area contributed by atoms with Crippen LogP contribution in [0, 0.1) is 0 Å². The molecule has 1 amide bonds. The van der Waals surface area contributed by atoms with Crippen LogP contribution in [0.4, 0.5) is 11.4 Å². The van der Waals surface area contributed by atoms with Crippen LogP contribution in [-0.2, 0) is 6.61 Å². The predicted molar refractivity (Wildman–Crippen MR) is 109 cm³/mol. The van der Waals surface area contributed by atoms with Crippen LogP contribution in [0.2, 0.25) is 5.02 Å². The Morgan fingerprint density at radius 1 is 1.15 bits per heavy atom. The Kier molecular flexibility index (Phi) is 5.94. The zero-order valence-electron chi connectivity index (χ0n) is 15.1. The molecule has 0 saturated heterocycles. The van der Waals surface area contributed by atoms with Crippen LogP contribution < -0.4 is 15.0 Å². The number of hydrogen-bond donors (Lipinski definition) is 1. The Morgan fingerprint density at radius 3 is 2.74 bits per heavy atom. The van der Waals surface area contributed by atoms with Gasteiger partial charge in [0.15, 0.2) is 0 Å². The van der Waals surface area contributed by atoms with Crippen molar-refractivity contribution in [2.24, 2.45) is 0 Å². The second-order valence-electron chi connectivity index (χ2n) is 6.19. The van der Waals surface area contributed by atoms with Gasteiger partial charge < -0.3 is 15.0 Å². The number of carbonyl (C=O) groups excluding carboxylic acids is 1. The van der Waals surface area contributed by atoms with E-state index in [9.17, 15) is 4.79 Å². The number of rotatable bonds is 6. The molecule has 2 aromatic carbocycles. The lowest BCUT2D eigenvalue weighted by molar-refractivity contribution is 0.102. The highest BCUT2D eigenvalue weighted by atomic mass is 35.5. The van der Waals surface area contributed by atoms with Crippen molar-refractivity contribution in [1.29, 1.82) is 0 Å². The van der Waals surface area contributed by atoms with Crippen molar-refractivity contribution < 1.29 is 9.53 Å². The molecule has 0 saturated carbocycles. The Hall–Kier alpha value is -3.05. The number of nitrogens with zero attached hydrogens (tertiary/aromatic N) is 2. The van der Waals surface area contributed by atoms with Gasteiger partial charge >= 0.3 is 0 Å². The summed E-state index contributed by atoms with van der Waals surface area (Å²) in [5.41, 5.74) is 2.99. The first kappa shape index (κ1) is 18.7. The molecule has 5 nitrogen and oxygen atoms in total. The maximum Gasteiger partial charge on any atom is 0.255 e. The lowest BCUT2D eigenvalue weighted by Crippen LogP contribution is -2.16. The zero-order valence-corrected chi connectivity index (χ0v) is 15.9. The first-order valence-corrected chi connectivity index (χ1v) is 8.81. The third kappa shape index (κ3) is 4.99. The molecule has 1 aromatic heterocycles. The van der Waals surface area contributed by atoms with Crippen molar-refractivity contribution in [3.63, 3.8) is 0 Å². The normalized spacial score (nSPS) is 10.3. The third-order valence-corrected chi connectivity index (χ3v) is 4.15. The van der Waals surface area contributed by atoms with E-state index >= 15 is 0 Å². The summed E-state index contributed by atoms with van der Waals surface area (Å²) in [5, 5.41) is 3.48. The van der Waals surface area contributed by atoms with E-state index in [4.69, 9.17) is 16.3 Å². The summed E-state index contributed by atoms with van der Waals surface area (Å²) in [5.74, 6) is 0.387. The number of anilines is 2. The fourth-order valence-corrected chi connectivity index (χ4v) is 2.74. The van der Waals surface area contributed by atoms with Crippen LogP contribution in [0.5, 0.6) is 5.75 Å². The summed E-state index contributed by atoms with van der Waals surface area (Å²) in [4.78, 5) is 18.7. The number of ether oxygens (including phenoxy) is 1. The van der Waals surface area contributed by atoms with Gasteiger partial charge in [0.05, 0.1) is 11.4 Å². The average molecular weight is 382 g/mol. The fraction of sp³-hybridized carbons (Fsp3) is 0.143. The van der Waals surface area contributed by atoms with E-state index in [0.29, 0.717) is 28.6 Å². The monoisotopic (exact) mass is 381 g/mol. The molecule has 1 N–H and O–H groups in total. The number of halogens is 1. The highest BCUT2D eigenvalue weighted by molar-refractivity contribution is 6.31. The fourth-order valence-electron chi connectivity index (χ4n) is 2.57. The van der Waals surface area contributed by atoms with E-state index in [0.717, 1.165) is 11.3 Å². The topological polar surface area (TPSA) is 54.5 Å². The quantitative estimate of drug-likeness (QED) is 0.676. The number of benzene rings is 2. The molecule has 0 unspecified atom stereocenters. The highest BCUT2D eigenvalue weighted by Gasteiger charge is 2.12. The maximum absolute atomic E-state index is 12.7. The van der Waals surface area contributed by atoms with Gasteiger partial charge in [0.2, 0.25) is 0 Å². The molecule has 0 spiro atoms. The number of amides is 1. The van der Waals surface area contributed by atoms with E-state index in [1.54, 1.807) is 42.7 Å². The SMILES string of the molecule is CN(C)c1ccc(Cl)cc1NC(=O)c1cccc(OCc2cccnc2)c1. The van der Waals surface area contributed by atoms with E-state index < -0.39 is 0 Å². The molecule has 27 heavy (non-hydrogen) atoms. The standard InChI is InChI=1S/C21H20ClN3O2/c1-25(2)20-9-8-17(22)12-19(20)24-21(26)16-6-3-7-18(11-16)27-14-15-5-4-10-23-13-15/h3-13H,14H2,1-2H3,(H,24,26). The average Bonchev–Trinajstić information content (AvgIpc) is 2.67. The smallest absolute Gasteiger partial charge is 0.255 e. The molecule has 0 bridgehead atoms. The summed E-state index contributed by atoms with van der Waals surface area (Å²) >= 11 is 6.08. The summed E-state index contributed by atoms with van der Waals surface area (Å²) in [6.45, 7) is 0.387. The first-order chi connectivity index (χ1) is 13.0. The minimum atomic E-state index is -0.229. The Morgan fingerprint density at radius 2 is 2.00 bits per heavy atom. The van der Waals surface area contributed by atoms with Crippen molar-refractivity contribution in [2.45, 2.75) is 6.61 Å². The molecule has 0 atom stereocenters. The van der Waals surface area contributed by atoms with Crippen LogP contribution in [0.1, 0.15) is 15.9 Å². The Balaban J connectivity index is 1.73. The first-order valence-electron chi connectivity index (χ1n) is 8.43. The minimum Gasteiger partial charge on any atom is -0.489 e. The van der Waals surface area contributed by atoms with Gasteiger partial charge in [-0.3, -0.25) is 9.78 Å². The summed E-state index contributed by atoms with van der Waals surface area (Å²) in [6, 6.07) is 16.2. The van der Waals surface area contributed by atoms with E-state index in [1.165, 1.54) is 0 Å². The lowest BCUT2D eigenvalue weighted by Gasteiger charge is -2.18. The molecular formula is C21H20ClN3O2. The van der Waals surface area contributed by atoms with Gasteiger partial charge in [-0.2, -0.15) is 0 Å². The van der Waals surface area contributed by atoms with Crippen molar-refractivity contribution in [3.8, 4) is 5.75 Å². The summed E-state index contributed by atoms with van der Waals surface area (Å²) in [7, 11) is 3.82. The third-order valence-electron chi connectivity index (χ3n) is 3.91. The van der Waals surface area contributed by atoms with Gasteiger partial charge in [-0.1, -0.05) is 23.7 Å². The predicted octanol–water partition coefficient (Wildman–Crippen LogP) is 4.63. The minimum absolute atomic E-state index is 0.229. The molecule has 0 radical (unpaired) electrons. The van der Waals surface area contributed by atoms with E-state index in [-0.39, 0.29) is 5.91 Å². The number of nitrogens with one attached hydrogen (secondary N) is 1. The van der Waals surface area contributed by atoms with Gasteiger partial charge in [-0.05, 0) is 42.5 Å². The van der Waals surface area contributed by atoms with Crippen molar-refractivity contribution in [1.82, 2.24) is 4.98 Å². The molecule has 0 aliphatic carbocycles. The van der Waals surface area contributed by atoms with E-state index in [1.807, 2.05) is 43.3 Å². The zero-order chi connectivity index (χ0) is 19.2. The highest BCUT2D eigenvalue weighted by Crippen LogP contribution is 2.28. The molecular weight excluding hydrogens is 362 g/mol. The molecule has 3 rings (SSSR count). The number of aromatic nitrogens is 1. The number of pyridine rings is 1. The summed E-state index contributed by atoms with van der Waals surface area (Å²) < 4.78 is 5.76. The van der Waals surface area contributed by atoms with Gasteiger partial charge in [0.25, 0.3) is 5.91 Å². The number of carbonyl (C=O) groups is 1. The maximum atomic E-state index is 12.7. The molecule has 0 fully saturated rings. The lowest BCUT2D eigenvalue weighted by atomic mass is 10.2. The molecule has 138 valence electrons. The summed E-state index contributed by atoms with van der Waals surface area (Å²) in [6.07, 6.45) is 3.46. The van der Waals surface area contributed by atoms with Crippen LogP contribution in [-0.4, -0.2) is 25.0 Å². The Bertz CT molecular complexity index is 930. The molecule has 6 heteroatoms. The molecule has 3 aromatic rings. The Labute approximate surface area is 163 Å². The van der Waals surface area contributed by atoms with Crippen LogP contribution >= 0.6 is 11.6 Å². The molecule has 0 aliphatic heterocycles. The van der Waals surface area contributed by atoms with Gasteiger partial charge in [0.1, 0.15) is 12.4 Å². The van der Waals surface area contributed by atoms with Crippen molar-refractivity contribution >= 4 is 28.9 Å². The largest absolute Gasteiger partial charge is 0.489 e. The second kappa shape index (κ2) is 8.56. The van der Waals surface area contributed by atoms with Gasteiger partial charge in [-0.15, -0.1) is 0 Å². The van der Waals surface area contributed by atoms with Crippen molar-refractivity contribution in [2.75, 3.05) is 24.3 Å². The second-order valence-corrected chi connectivity index (χ2v) is 6.62. The van der Waals surface area contributed by atoms with E-state index in [2.05, 4.69) is 10.3 Å². The van der Waals surface area contributed by atoms with Crippen molar-refractivity contribution in [3.05, 3.63) is 83.1 Å². The number of hydrogen-bond acceptors (Lipinski definition) is 4. The van der Waals surface area contributed by atoms with Crippen LogP contribution in [0.3, 0.4) is 0 Å². The molecule has 0 aliphatic rings. The van der Waals surface area contributed by atoms with Gasteiger partial charge in [-0.25, -0.2) is 0 Å². The van der Waals surface area contributed by atoms with Crippen LogP contribution in [0.15, 0.2) is 67.0 Å². The van der Waals surface area contributed by atoms with Crippen LogP contribution in [0.25, 0.3) is 0 Å². The van der Waals surface area contributed by atoms with Gasteiger partial charge in [0, 0.05) is 42.6 Å².